The Kier molecular flexibility index (Phi) is 7.42. The van der Waals surface area contributed by atoms with E-state index in [9.17, 15) is 4.79 Å². The highest BCUT2D eigenvalue weighted by Crippen LogP contribution is 2.29. The zero-order valence-electron chi connectivity index (χ0n) is 11.4. The van der Waals surface area contributed by atoms with Crippen molar-refractivity contribution in [2.75, 3.05) is 6.54 Å². The molecule has 1 amide bonds. The van der Waals surface area contributed by atoms with E-state index in [1.54, 1.807) is 0 Å². The molecule has 20 heavy (non-hydrogen) atoms. The average molecular weight is 335 g/mol. The van der Waals surface area contributed by atoms with Crippen LogP contribution in [0.4, 0.5) is 0 Å². The number of rotatable bonds is 6. The predicted molar refractivity (Wildman–Crippen MR) is 86.2 cm³/mol. The minimum atomic E-state index is -1.92. The molecule has 0 aliphatic rings. The van der Waals surface area contributed by atoms with Crippen LogP contribution in [0.5, 0.6) is 0 Å². The first-order valence-electron chi connectivity index (χ1n) is 6.50. The lowest BCUT2D eigenvalue weighted by molar-refractivity contribution is -0.130. The molecule has 1 aromatic carbocycles. The van der Waals surface area contributed by atoms with E-state index in [1.165, 1.54) is 4.90 Å². The van der Waals surface area contributed by atoms with Crippen LogP contribution in [0.2, 0.25) is 0 Å². The Morgan fingerprint density at radius 3 is 2.40 bits per heavy atom. The quantitative estimate of drug-likeness (QED) is 0.543. The van der Waals surface area contributed by atoms with Crippen molar-refractivity contribution in [3.05, 3.63) is 48.0 Å². The molecule has 1 rings (SSSR count). The van der Waals surface area contributed by atoms with Gasteiger partial charge in [0, 0.05) is 13.1 Å². The van der Waals surface area contributed by atoms with Crippen molar-refractivity contribution < 1.29 is 4.79 Å². The second kappa shape index (κ2) is 8.56. The fourth-order valence-corrected chi connectivity index (χ4v) is 2.05. The summed E-state index contributed by atoms with van der Waals surface area (Å²) in [5, 5.41) is 0. The van der Waals surface area contributed by atoms with Gasteiger partial charge in [0.25, 0.3) is 9.70 Å². The third-order valence-corrected chi connectivity index (χ3v) is 3.18. The molecule has 0 aromatic heterocycles. The fraction of sp³-hybridized carbons (Fsp3) is 0.400. The number of amides is 1. The van der Waals surface area contributed by atoms with Crippen LogP contribution < -0.4 is 0 Å². The van der Waals surface area contributed by atoms with Gasteiger partial charge in [-0.1, -0.05) is 90.6 Å². The van der Waals surface area contributed by atoms with Gasteiger partial charge in [0.15, 0.2) is 0 Å². The molecule has 0 saturated carbocycles. The monoisotopic (exact) mass is 333 g/mol. The van der Waals surface area contributed by atoms with Gasteiger partial charge in [-0.25, -0.2) is 0 Å². The molecule has 0 saturated heterocycles. The van der Waals surface area contributed by atoms with Gasteiger partial charge in [-0.3, -0.25) is 4.79 Å². The van der Waals surface area contributed by atoms with E-state index < -0.39 is 9.70 Å². The van der Waals surface area contributed by atoms with E-state index in [0.29, 0.717) is 13.1 Å². The maximum absolute atomic E-state index is 12.1. The molecule has 110 valence electrons. The topological polar surface area (TPSA) is 20.3 Å². The summed E-state index contributed by atoms with van der Waals surface area (Å²) in [6, 6.07) is 9.63. The van der Waals surface area contributed by atoms with Crippen LogP contribution >= 0.6 is 34.8 Å². The molecule has 0 bridgehead atoms. The van der Waals surface area contributed by atoms with Gasteiger partial charge in [0.05, 0.1) is 0 Å². The van der Waals surface area contributed by atoms with Crippen LogP contribution in [-0.2, 0) is 11.3 Å². The molecular formula is C15H18Cl3NO. The Morgan fingerprint density at radius 2 is 1.85 bits per heavy atom. The van der Waals surface area contributed by atoms with Crippen molar-refractivity contribution in [1.82, 2.24) is 4.90 Å². The molecule has 2 nitrogen and oxygen atoms in total. The molecule has 0 radical (unpaired) electrons. The molecule has 0 heterocycles. The van der Waals surface area contributed by atoms with Crippen LogP contribution in [0.15, 0.2) is 42.5 Å². The molecule has 0 fully saturated rings. The maximum atomic E-state index is 12.1. The van der Waals surface area contributed by atoms with Gasteiger partial charge >= 0.3 is 0 Å². The Hall–Kier alpha value is -0.700. The third-order valence-electron chi connectivity index (χ3n) is 2.69. The summed E-state index contributed by atoms with van der Waals surface area (Å²) in [6.45, 7) is 2.95. The summed E-state index contributed by atoms with van der Waals surface area (Å²) in [7, 11) is 0. The van der Waals surface area contributed by atoms with E-state index in [0.717, 1.165) is 18.4 Å². The van der Waals surface area contributed by atoms with Crippen molar-refractivity contribution in [1.29, 1.82) is 0 Å². The Labute approximate surface area is 135 Å². The number of alkyl halides is 3. The lowest BCUT2D eigenvalue weighted by Gasteiger charge is -2.24. The summed E-state index contributed by atoms with van der Waals surface area (Å²) < 4.78 is -1.92. The first-order chi connectivity index (χ1) is 9.45. The molecule has 0 aliphatic heterocycles. The molecule has 0 spiro atoms. The zero-order valence-corrected chi connectivity index (χ0v) is 13.6. The molecular weight excluding hydrogens is 317 g/mol. The Balaban J connectivity index is 2.76. The normalized spacial score (nSPS) is 11.8. The SMILES string of the molecule is CCC/C=C/CN(Cc1ccccc1)C(=O)C(Cl)(Cl)Cl. The molecule has 5 heteroatoms. The van der Waals surface area contributed by atoms with Crippen molar-refractivity contribution in [3.63, 3.8) is 0 Å². The number of hydrogen-bond donors (Lipinski definition) is 0. The van der Waals surface area contributed by atoms with Gasteiger partial charge in [-0.15, -0.1) is 0 Å². The van der Waals surface area contributed by atoms with Crippen LogP contribution in [0, 0.1) is 0 Å². The number of allylic oxidation sites excluding steroid dienone is 1. The Bertz CT molecular complexity index is 440. The number of carbonyl (C=O) groups excluding carboxylic acids is 1. The molecule has 0 aliphatic carbocycles. The molecule has 0 atom stereocenters. The van der Waals surface area contributed by atoms with Crippen molar-refractivity contribution in [2.24, 2.45) is 0 Å². The summed E-state index contributed by atoms with van der Waals surface area (Å²) >= 11 is 17.1. The number of halogens is 3. The highest BCUT2D eigenvalue weighted by molar-refractivity contribution is 6.76. The van der Waals surface area contributed by atoms with Crippen LogP contribution in [-0.4, -0.2) is 21.1 Å². The largest absolute Gasteiger partial charge is 0.331 e. The fourth-order valence-electron chi connectivity index (χ4n) is 1.69. The zero-order chi connectivity index (χ0) is 15.0. The summed E-state index contributed by atoms with van der Waals surface area (Å²) in [5.41, 5.74) is 0.999. The summed E-state index contributed by atoms with van der Waals surface area (Å²) in [6.07, 6.45) is 6.00. The third kappa shape index (κ3) is 6.17. The lowest BCUT2D eigenvalue weighted by atomic mass is 10.2. The lowest BCUT2D eigenvalue weighted by Crippen LogP contribution is -2.39. The molecule has 1 aromatic rings. The Morgan fingerprint density at radius 1 is 1.20 bits per heavy atom. The van der Waals surface area contributed by atoms with Gasteiger partial charge in [-0.05, 0) is 12.0 Å². The highest BCUT2D eigenvalue weighted by atomic mass is 35.6. The van der Waals surface area contributed by atoms with Crippen LogP contribution in [0.25, 0.3) is 0 Å². The minimum Gasteiger partial charge on any atom is -0.331 e. The van der Waals surface area contributed by atoms with E-state index in [-0.39, 0.29) is 0 Å². The second-order valence-electron chi connectivity index (χ2n) is 4.43. The highest BCUT2D eigenvalue weighted by Gasteiger charge is 2.34. The van der Waals surface area contributed by atoms with E-state index in [2.05, 4.69) is 6.92 Å². The smallest absolute Gasteiger partial charge is 0.275 e. The number of benzene rings is 1. The number of nitrogens with zero attached hydrogens (tertiary/aromatic N) is 1. The first kappa shape index (κ1) is 17.4. The van der Waals surface area contributed by atoms with Gasteiger partial charge in [0.1, 0.15) is 0 Å². The number of carbonyl (C=O) groups is 1. The number of hydrogen-bond acceptors (Lipinski definition) is 1. The van der Waals surface area contributed by atoms with Crippen molar-refractivity contribution >= 4 is 40.7 Å². The predicted octanol–water partition coefficient (Wildman–Crippen LogP) is 4.74. The molecule has 0 N–H and O–H groups in total. The second-order valence-corrected chi connectivity index (χ2v) is 6.71. The van der Waals surface area contributed by atoms with Gasteiger partial charge < -0.3 is 4.90 Å². The van der Waals surface area contributed by atoms with Gasteiger partial charge in [0.2, 0.25) is 0 Å². The number of unbranched alkanes of at least 4 members (excludes halogenated alkanes) is 1. The average Bonchev–Trinajstić information content (AvgIpc) is 2.41. The van der Waals surface area contributed by atoms with E-state index in [1.807, 2.05) is 42.5 Å². The first-order valence-corrected chi connectivity index (χ1v) is 7.63. The standard InChI is InChI=1S/C15H18Cl3NO/c1-2-3-4-8-11-19(14(20)15(16,17)18)12-13-9-6-5-7-10-13/h4-10H,2-3,11-12H2,1H3/b8-4+. The van der Waals surface area contributed by atoms with Crippen LogP contribution in [0.3, 0.4) is 0 Å². The maximum Gasteiger partial charge on any atom is 0.275 e. The minimum absolute atomic E-state index is 0.421. The van der Waals surface area contributed by atoms with Crippen LogP contribution in [0.1, 0.15) is 25.3 Å². The summed E-state index contributed by atoms with van der Waals surface area (Å²) in [4.78, 5) is 13.7. The summed E-state index contributed by atoms with van der Waals surface area (Å²) in [5.74, 6) is -0.507. The van der Waals surface area contributed by atoms with E-state index >= 15 is 0 Å². The van der Waals surface area contributed by atoms with Gasteiger partial charge in [-0.2, -0.15) is 0 Å². The van der Waals surface area contributed by atoms with Crippen molar-refractivity contribution in [3.8, 4) is 0 Å². The van der Waals surface area contributed by atoms with Crippen molar-refractivity contribution in [2.45, 2.75) is 30.1 Å². The molecule has 0 unspecified atom stereocenters. The van der Waals surface area contributed by atoms with E-state index in [4.69, 9.17) is 34.8 Å².